The molecule has 3 N–H and O–H groups in total. The molecule has 3 fully saturated rings. The Labute approximate surface area is 210 Å². The molecule has 1 aromatic heterocycles. The smallest absolute Gasteiger partial charge is 0.270 e. The Bertz CT molecular complexity index is 1340. The summed E-state index contributed by atoms with van der Waals surface area (Å²) in [5.41, 5.74) is -0.745. The maximum atomic E-state index is 13.6. The molecular weight excluding hydrogens is 492 g/mol. The molecule has 0 unspecified atom stereocenters. The number of rotatable bonds is 6. The van der Waals surface area contributed by atoms with Crippen LogP contribution in [0, 0.1) is 11.6 Å². The first-order valence-electron chi connectivity index (χ1n) is 11.6. The van der Waals surface area contributed by atoms with Gasteiger partial charge in [-0.25, -0.2) is 13.8 Å². The summed E-state index contributed by atoms with van der Waals surface area (Å²) in [5, 5.41) is 17.5. The van der Waals surface area contributed by atoms with Crippen LogP contribution in [0.3, 0.4) is 0 Å². The third-order valence-corrected chi connectivity index (χ3v) is 7.54. The van der Waals surface area contributed by atoms with Crippen LogP contribution in [0.2, 0.25) is 5.02 Å². The molecule has 36 heavy (non-hydrogen) atoms. The fraction of sp³-hybridized carbons (Fsp3) is 0.346. The molecule has 7 nitrogen and oxygen atoms in total. The van der Waals surface area contributed by atoms with Gasteiger partial charge in [0.05, 0.1) is 22.2 Å². The number of carbonyl (C=O) groups excluding carboxylic acids is 2. The van der Waals surface area contributed by atoms with Crippen molar-refractivity contribution in [3.63, 3.8) is 0 Å². The lowest BCUT2D eigenvalue weighted by atomic mass is 9.60. The van der Waals surface area contributed by atoms with E-state index >= 15 is 0 Å². The van der Waals surface area contributed by atoms with Gasteiger partial charge in [-0.05, 0) is 68.5 Å². The van der Waals surface area contributed by atoms with Gasteiger partial charge in [-0.2, -0.15) is 0 Å². The minimum absolute atomic E-state index is 0.0357. The summed E-state index contributed by atoms with van der Waals surface area (Å²) in [7, 11) is 0. The van der Waals surface area contributed by atoms with Crippen LogP contribution < -0.4 is 15.4 Å². The van der Waals surface area contributed by atoms with E-state index < -0.39 is 28.9 Å². The summed E-state index contributed by atoms with van der Waals surface area (Å²) in [4.78, 5) is 29.9. The van der Waals surface area contributed by atoms with E-state index in [0.717, 1.165) is 6.07 Å². The number of aliphatic hydroxyl groups is 1. The van der Waals surface area contributed by atoms with Crippen molar-refractivity contribution in [2.45, 2.75) is 49.3 Å². The van der Waals surface area contributed by atoms with Crippen LogP contribution in [0.4, 0.5) is 8.78 Å². The van der Waals surface area contributed by atoms with Gasteiger partial charge >= 0.3 is 0 Å². The molecule has 3 aliphatic rings. The summed E-state index contributed by atoms with van der Waals surface area (Å²) in [6.07, 6.45) is 1.49. The lowest BCUT2D eigenvalue weighted by Crippen LogP contribution is -2.70. The number of pyridine rings is 1. The number of aromatic nitrogens is 1. The first-order chi connectivity index (χ1) is 17.2. The first kappa shape index (κ1) is 24.4. The monoisotopic (exact) mass is 515 g/mol. The number of halogens is 3. The second-order valence-corrected chi connectivity index (χ2v) is 9.96. The molecule has 1 atom stereocenters. The van der Waals surface area contributed by atoms with Gasteiger partial charge in [0.2, 0.25) is 0 Å². The van der Waals surface area contributed by atoms with Crippen LogP contribution in [-0.4, -0.2) is 45.7 Å². The van der Waals surface area contributed by atoms with Crippen molar-refractivity contribution < 1.29 is 28.2 Å². The van der Waals surface area contributed by atoms with Crippen molar-refractivity contribution in [1.29, 1.82) is 0 Å². The van der Waals surface area contributed by atoms with E-state index in [-0.39, 0.29) is 41.2 Å². The predicted molar refractivity (Wildman–Crippen MR) is 129 cm³/mol. The zero-order chi connectivity index (χ0) is 25.5. The molecule has 0 aliphatic heterocycles. The Balaban J connectivity index is 1.20. The Hall–Kier alpha value is -3.30. The quantitative estimate of drug-likeness (QED) is 0.462. The maximum absolute atomic E-state index is 13.6. The average molecular weight is 516 g/mol. The molecule has 10 heteroatoms. The second kappa shape index (κ2) is 9.29. The van der Waals surface area contributed by atoms with Crippen LogP contribution in [-0.2, 0) is 4.79 Å². The van der Waals surface area contributed by atoms with Crippen molar-refractivity contribution in [3.05, 3.63) is 70.9 Å². The minimum atomic E-state index is -0.870. The van der Waals surface area contributed by atoms with Crippen molar-refractivity contribution in [2.24, 2.45) is 0 Å². The van der Waals surface area contributed by atoms with E-state index in [1.807, 2.05) is 0 Å². The zero-order valence-corrected chi connectivity index (χ0v) is 19.9. The van der Waals surface area contributed by atoms with Gasteiger partial charge in [-0.3, -0.25) is 9.59 Å². The molecule has 2 aromatic carbocycles. The normalized spacial score (nSPS) is 24.9. The van der Waals surface area contributed by atoms with E-state index in [1.165, 1.54) is 36.4 Å². The number of nitrogens with one attached hydrogen (secondary N) is 2. The maximum Gasteiger partial charge on any atom is 0.270 e. The van der Waals surface area contributed by atoms with E-state index in [1.54, 1.807) is 6.07 Å². The molecule has 3 saturated carbocycles. The number of benzene rings is 2. The lowest BCUT2D eigenvalue weighted by Gasteiger charge is -2.56. The molecule has 3 aliphatic carbocycles. The number of hydrogen-bond acceptors (Lipinski definition) is 5. The number of nitrogens with zero attached hydrogens (tertiary/aromatic N) is 1. The van der Waals surface area contributed by atoms with E-state index in [0.29, 0.717) is 36.6 Å². The van der Waals surface area contributed by atoms with Gasteiger partial charge in [0.1, 0.15) is 23.1 Å². The highest BCUT2D eigenvalue weighted by molar-refractivity contribution is 6.30. The molecule has 188 valence electrons. The number of aliphatic hydroxyl groups excluding tert-OH is 1. The average Bonchev–Trinajstić information content (AvgIpc) is 2.85. The van der Waals surface area contributed by atoms with E-state index in [9.17, 15) is 23.5 Å². The number of ether oxygens (including phenoxy) is 1. The van der Waals surface area contributed by atoms with Gasteiger partial charge in [0.25, 0.3) is 11.8 Å². The molecule has 2 bridgehead atoms. The summed E-state index contributed by atoms with van der Waals surface area (Å²) in [6.45, 7) is -0.307. The fourth-order valence-corrected chi connectivity index (χ4v) is 5.34. The Morgan fingerprint density at radius 3 is 2.56 bits per heavy atom. The molecule has 1 heterocycles. The number of carbonyl (C=O) groups is 2. The van der Waals surface area contributed by atoms with Gasteiger partial charge in [0.15, 0.2) is 6.61 Å². The van der Waals surface area contributed by atoms with Gasteiger partial charge in [-0.1, -0.05) is 17.7 Å². The summed E-state index contributed by atoms with van der Waals surface area (Å²) < 4.78 is 32.4. The predicted octanol–water partition coefficient (Wildman–Crippen LogP) is 3.91. The lowest BCUT2D eigenvalue weighted by molar-refractivity contribution is -0.129. The molecule has 2 amide bonds. The fourth-order valence-electron chi connectivity index (χ4n) is 5.22. The zero-order valence-electron chi connectivity index (χ0n) is 19.2. The van der Waals surface area contributed by atoms with Gasteiger partial charge in [-0.15, -0.1) is 0 Å². The molecule has 0 spiro atoms. The Morgan fingerprint density at radius 1 is 1.06 bits per heavy atom. The number of fused-ring (bicyclic) bond motifs is 4. The minimum Gasteiger partial charge on any atom is -0.484 e. The van der Waals surface area contributed by atoms with Crippen molar-refractivity contribution in [1.82, 2.24) is 15.6 Å². The number of hydrogen-bond donors (Lipinski definition) is 3. The van der Waals surface area contributed by atoms with Crippen LogP contribution >= 0.6 is 11.6 Å². The van der Waals surface area contributed by atoms with Crippen LogP contribution in [0.1, 0.15) is 42.6 Å². The van der Waals surface area contributed by atoms with Crippen LogP contribution in [0.5, 0.6) is 5.75 Å². The summed E-state index contributed by atoms with van der Waals surface area (Å²) in [5.74, 6) is -1.63. The van der Waals surface area contributed by atoms with Gasteiger partial charge < -0.3 is 20.5 Å². The van der Waals surface area contributed by atoms with Crippen LogP contribution in [0.25, 0.3) is 10.9 Å². The molecule has 6 rings (SSSR count). The first-order valence-corrected chi connectivity index (χ1v) is 12.0. The molecular formula is C26H24ClF2N3O4. The Kier molecular flexibility index (Phi) is 6.30. The standard InChI is InChI=1S/C26H24ClF2N3O4/c27-18-4-3-17(12-19(18)29)36-14-23(34)31-25-7-9-26(10-8-25,22(33)13-25)32-24(35)21-5-1-15-11-16(28)2-6-20(15)30-21/h1-6,11-12,22,33H,7-10,13-14H2,(H,31,34)(H,32,35)/t22-,25?,26?/m1/s1. The third-order valence-electron chi connectivity index (χ3n) is 7.23. The molecule has 3 aromatic rings. The largest absolute Gasteiger partial charge is 0.484 e. The van der Waals surface area contributed by atoms with Crippen LogP contribution in [0.15, 0.2) is 48.5 Å². The third kappa shape index (κ3) is 4.73. The number of amides is 2. The summed E-state index contributed by atoms with van der Waals surface area (Å²) in [6, 6.07) is 11.2. The van der Waals surface area contributed by atoms with Crippen molar-refractivity contribution in [2.75, 3.05) is 6.61 Å². The second-order valence-electron chi connectivity index (χ2n) is 9.56. The van der Waals surface area contributed by atoms with E-state index in [4.69, 9.17) is 16.3 Å². The summed E-state index contributed by atoms with van der Waals surface area (Å²) >= 11 is 5.66. The van der Waals surface area contributed by atoms with E-state index in [2.05, 4.69) is 15.6 Å². The molecule has 0 saturated heterocycles. The van der Waals surface area contributed by atoms with Gasteiger partial charge in [0, 0.05) is 17.0 Å². The van der Waals surface area contributed by atoms with Crippen molar-refractivity contribution in [3.8, 4) is 5.75 Å². The molecule has 0 radical (unpaired) electrons. The van der Waals surface area contributed by atoms with Crippen molar-refractivity contribution >= 4 is 34.3 Å². The Morgan fingerprint density at radius 2 is 1.83 bits per heavy atom. The highest BCUT2D eigenvalue weighted by Crippen LogP contribution is 2.47. The highest BCUT2D eigenvalue weighted by Gasteiger charge is 2.55. The SMILES string of the molecule is O=C(COc1ccc(Cl)c(F)c1)NC12CCC(NC(=O)c3ccc4cc(F)ccc4n3)(CC1)[C@H](O)C2. The highest BCUT2D eigenvalue weighted by atomic mass is 35.5. The topological polar surface area (TPSA) is 101 Å².